The fourth-order valence-corrected chi connectivity index (χ4v) is 2.56. The number of carbonyl (C=O) groups is 3. The number of benzene rings is 2. The van der Waals surface area contributed by atoms with Gasteiger partial charge in [0.15, 0.2) is 5.71 Å². The third-order valence-electron chi connectivity index (χ3n) is 4.06. The second-order valence-electron chi connectivity index (χ2n) is 6.12. The van der Waals surface area contributed by atoms with Gasteiger partial charge in [0.05, 0.1) is 16.9 Å². The van der Waals surface area contributed by atoms with Crippen LogP contribution in [0.25, 0.3) is 11.1 Å². The maximum atomic E-state index is 14.2. The molecule has 0 saturated heterocycles. The lowest BCUT2D eigenvalue weighted by atomic mass is 10.0. The van der Waals surface area contributed by atoms with Gasteiger partial charge in [0, 0.05) is 14.1 Å². The number of urea groups is 1. The Morgan fingerprint density at radius 1 is 1.07 bits per heavy atom. The van der Waals surface area contributed by atoms with Gasteiger partial charge in [-0.15, -0.1) is 0 Å². The molecule has 2 rings (SSSR count). The number of anilines is 1. The first kappa shape index (κ1) is 22.1. The van der Waals surface area contributed by atoms with Crippen LogP contribution in [0, 0.1) is 5.82 Å². The molecule has 2 aromatic rings. The number of hydrazone groups is 1. The monoisotopic (exact) mass is 412 g/mol. The zero-order valence-corrected chi connectivity index (χ0v) is 16.4. The van der Waals surface area contributed by atoms with E-state index in [1.807, 2.05) is 0 Å². The minimum Gasteiger partial charge on any atom is -0.364 e. The standard InChI is InChI=1S/C20H21FN6O3/c1-11(25-20(23)30)17(18(22)28)26-27(3)14-7-4-12(5-8-14)13-6-9-15(16(21)10-13)19(29)24-2/h4-10H,1H2,2-3H3,(H2,22,28)(H,24,29)(H3,23,25,30)/b26-17+. The fourth-order valence-electron chi connectivity index (χ4n) is 2.56. The minimum atomic E-state index is -0.907. The van der Waals surface area contributed by atoms with Crippen molar-refractivity contribution in [2.75, 3.05) is 19.1 Å². The molecule has 0 saturated carbocycles. The molecule has 0 aliphatic rings. The third kappa shape index (κ3) is 5.19. The number of carbonyl (C=O) groups excluding carboxylic acids is 3. The van der Waals surface area contributed by atoms with Crippen LogP contribution in [0.15, 0.2) is 59.8 Å². The van der Waals surface area contributed by atoms with Crippen LogP contribution in [0.2, 0.25) is 0 Å². The quantitative estimate of drug-likeness (QED) is 0.402. The molecule has 0 aliphatic heterocycles. The number of rotatable bonds is 7. The van der Waals surface area contributed by atoms with Gasteiger partial charge in [-0.3, -0.25) is 14.6 Å². The molecular weight excluding hydrogens is 391 g/mol. The SMILES string of the molecule is C=C(NC(N)=O)/C(=N\N(C)c1ccc(-c2ccc(C(=O)NC)c(F)c2)cc1)C(N)=O. The van der Waals surface area contributed by atoms with Gasteiger partial charge in [0.2, 0.25) is 0 Å². The first-order chi connectivity index (χ1) is 14.1. The van der Waals surface area contributed by atoms with E-state index in [0.29, 0.717) is 16.8 Å². The second-order valence-corrected chi connectivity index (χ2v) is 6.12. The van der Waals surface area contributed by atoms with Crippen molar-refractivity contribution in [3.05, 3.63) is 66.1 Å². The molecule has 0 bridgehead atoms. The largest absolute Gasteiger partial charge is 0.364 e. The van der Waals surface area contributed by atoms with Crippen LogP contribution in [0.4, 0.5) is 14.9 Å². The van der Waals surface area contributed by atoms with Gasteiger partial charge < -0.3 is 22.1 Å². The zero-order chi connectivity index (χ0) is 22.4. The molecule has 0 spiro atoms. The number of hydrogen-bond acceptors (Lipinski definition) is 5. The average molecular weight is 412 g/mol. The van der Waals surface area contributed by atoms with E-state index < -0.39 is 23.7 Å². The van der Waals surface area contributed by atoms with Crippen LogP contribution >= 0.6 is 0 Å². The summed E-state index contributed by atoms with van der Waals surface area (Å²) in [5, 5.41) is 9.94. The molecule has 4 amide bonds. The predicted octanol–water partition coefficient (Wildman–Crippen LogP) is 1.31. The Bertz CT molecular complexity index is 1030. The highest BCUT2D eigenvalue weighted by Gasteiger charge is 2.15. The van der Waals surface area contributed by atoms with Gasteiger partial charge in [-0.2, -0.15) is 5.10 Å². The number of nitrogens with two attached hydrogens (primary N) is 2. The molecule has 6 N–H and O–H groups in total. The lowest BCUT2D eigenvalue weighted by Crippen LogP contribution is -2.37. The highest BCUT2D eigenvalue weighted by molar-refractivity contribution is 6.45. The highest BCUT2D eigenvalue weighted by Crippen LogP contribution is 2.25. The smallest absolute Gasteiger partial charge is 0.316 e. The Kier molecular flexibility index (Phi) is 6.86. The Balaban J connectivity index is 2.27. The van der Waals surface area contributed by atoms with Gasteiger partial charge in [-0.05, 0) is 35.4 Å². The van der Waals surface area contributed by atoms with Gasteiger partial charge in [-0.1, -0.05) is 24.8 Å². The van der Waals surface area contributed by atoms with Crippen molar-refractivity contribution in [2.24, 2.45) is 16.6 Å². The van der Waals surface area contributed by atoms with Crippen LogP contribution in [-0.4, -0.2) is 37.7 Å². The van der Waals surface area contributed by atoms with Gasteiger partial charge in [0.1, 0.15) is 5.82 Å². The first-order valence-electron chi connectivity index (χ1n) is 8.64. The number of hydrogen-bond donors (Lipinski definition) is 4. The molecule has 0 aliphatic carbocycles. The van der Waals surface area contributed by atoms with Crippen molar-refractivity contribution in [3.63, 3.8) is 0 Å². The van der Waals surface area contributed by atoms with Gasteiger partial charge >= 0.3 is 6.03 Å². The maximum absolute atomic E-state index is 14.2. The van der Waals surface area contributed by atoms with Crippen molar-refractivity contribution in [1.29, 1.82) is 0 Å². The van der Waals surface area contributed by atoms with Gasteiger partial charge in [-0.25, -0.2) is 9.18 Å². The summed E-state index contributed by atoms with van der Waals surface area (Å²) in [6, 6.07) is 10.2. The Labute approximate surface area is 172 Å². The molecule has 30 heavy (non-hydrogen) atoms. The molecule has 10 heteroatoms. The summed E-state index contributed by atoms with van der Waals surface area (Å²) in [6.07, 6.45) is 0. The van der Waals surface area contributed by atoms with Crippen molar-refractivity contribution < 1.29 is 18.8 Å². The average Bonchev–Trinajstić information content (AvgIpc) is 2.70. The lowest BCUT2D eigenvalue weighted by molar-refractivity contribution is -0.111. The predicted molar refractivity (Wildman–Crippen MR) is 112 cm³/mol. The molecule has 2 aromatic carbocycles. The van der Waals surface area contributed by atoms with Crippen molar-refractivity contribution in [2.45, 2.75) is 0 Å². The second kappa shape index (κ2) is 9.32. The van der Waals surface area contributed by atoms with Crippen LogP contribution in [0.5, 0.6) is 0 Å². The van der Waals surface area contributed by atoms with E-state index in [1.165, 1.54) is 24.2 Å². The summed E-state index contributed by atoms with van der Waals surface area (Å²) in [4.78, 5) is 34.2. The number of primary amides is 2. The van der Waals surface area contributed by atoms with E-state index in [2.05, 4.69) is 22.3 Å². The van der Waals surface area contributed by atoms with Crippen LogP contribution < -0.4 is 27.1 Å². The summed E-state index contributed by atoms with van der Waals surface area (Å²) >= 11 is 0. The minimum absolute atomic E-state index is 0.0456. The third-order valence-corrected chi connectivity index (χ3v) is 4.06. The molecule has 0 radical (unpaired) electrons. The fraction of sp³-hybridized carbons (Fsp3) is 0.100. The van der Waals surface area contributed by atoms with E-state index in [1.54, 1.807) is 37.4 Å². The Morgan fingerprint density at radius 2 is 1.67 bits per heavy atom. The molecular formula is C20H21FN6O3. The molecule has 0 atom stereocenters. The summed E-state index contributed by atoms with van der Waals surface area (Å²) in [5.41, 5.74) is 11.7. The molecule has 9 nitrogen and oxygen atoms in total. The van der Waals surface area contributed by atoms with E-state index in [0.717, 1.165) is 0 Å². The molecule has 0 unspecified atom stereocenters. The molecule has 0 fully saturated rings. The number of amides is 4. The van der Waals surface area contributed by atoms with Crippen molar-refractivity contribution in [1.82, 2.24) is 10.6 Å². The van der Waals surface area contributed by atoms with E-state index >= 15 is 0 Å². The lowest BCUT2D eigenvalue weighted by Gasteiger charge is -2.16. The summed E-state index contributed by atoms with van der Waals surface area (Å²) in [6.45, 7) is 3.52. The highest BCUT2D eigenvalue weighted by atomic mass is 19.1. The maximum Gasteiger partial charge on any atom is 0.316 e. The molecule has 156 valence electrons. The Morgan fingerprint density at radius 3 is 2.17 bits per heavy atom. The van der Waals surface area contributed by atoms with Crippen LogP contribution in [-0.2, 0) is 4.79 Å². The topological polar surface area (TPSA) is 143 Å². The summed E-state index contributed by atoms with van der Waals surface area (Å²) in [5.74, 6) is -2.04. The van der Waals surface area contributed by atoms with E-state index in [9.17, 15) is 18.8 Å². The van der Waals surface area contributed by atoms with Crippen molar-refractivity contribution >= 4 is 29.2 Å². The summed E-state index contributed by atoms with van der Waals surface area (Å²) < 4.78 is 14.2. The number of halogens is 1. The molecule has 0 aromatic heterocycles. The number of nitrogens with one attached hydrogen (secondary N) is 2. The summed E-state index contributed by atoms with van der Waals surface area (Å²) in [7, 11) is 2.99. The van der Waals surface area contributed by atoms with Crippen LogP contribution in [0.1, 0.15) is 10.4 Å². The van der Waals surface area contributed by atoms with E-state index in [-0.39, 0.29) is 17.0 Å². The zero-order valence-electron chi connectivity index (χ0n) is 16.4. The Hall–Kier alpha value is -4.21. The first-order valence-corrected chi connectivity index (χ1v) is 8.64. The van der Waals surface area contributed by atoms with E-state index in [4.69, 9.17) is 11.5 Å². The number of nitrogens with zero attached hydrogens (tertiary/aromatic N) is 2. The van der Waals surface area contributed by atoms with Crippen LogP contribution in [0.3, 0.4) is 0 Å². The van der Waals surface area contributed by atoms with Crippen molar-refractivity contribution in [3.8, 4) is 11.1 Å². The molecule has 0 heterocycles. The normalized spacial score (nSPS) is 10.8. The van der Waals surface area contributed by atoms with Gasteiger partial charge in [0.25, 0.3) is 11.8 Å².